The van der Waals surface area contributed by atoms with Gasteiger partial charge in [0.15, 0.2) is 0 Å². The van der Waals surface area contributed by atoms with Crippen LogP contribution in [-0.2, 0) is 4.79 Å². The zero-order valence-corrected chi connectivity index (χ0v) is 8.25. The maximum absolute atomic E-state index is 13.4. The summed E-state index contributed by atoms with van der Waals surface area (Å²) in [5.74, 6) is -1.51. The van der Waals surface area contributed by atoms with Crippen LogP contribution in [0.3, 0.4) is 0 Å². The molecular formula is C11H13FO2. The lowest BCUT2D eigenvalue weighted by atomic mass is 9.96. The van der Waals surface area contributed by atoms with Crippen molar-refractivity contribution in [3.8, 4) is 0 Å². The van der Waals surface area contributed by atoms with Crippen molar-refractivity contribution in [1.82, 2.24) is 0 Å². The summed E-state index contributed by atoms with van der Waals surface area (Å²) < 4.78 is 13.4. The normalized spacial score (nSPS) is 12.5. The summed E-state index contributed by atoms with van der Waals surface area (Å²) in [4.78, 5) is 10.4. The second-order valence-corrected chi connectivity index (χ2v) is 3.52. The Bertz CT molecular complexity index is 347. The molecule has 0 aromatic heterocycles. The van der Waals surface area contributed by atoms with E-state index in [0.717, 1.165) is 5.56 Å². The van der Waals surface area contributed by atoms with Gasteiger partial charge in [-0.05, 0) is 30.0 Å². The molecule has 76 valence electrons. The maximum Gasteiger partial charge on any atom is 0.303 e. The first kappa shape index (κ1) is 10.7. The highest BCUT2D eigenvalue weighted by Gasteiger charge is 2.13. The molecule has 0 unspecified atom stereocenters. The van der Waals surface area contributed by atoms with Gasteiger partial charge in [0, 0.05) is 0 Å². The number of carboxylic acid groups (broad SMARTS) is 1. The van der Waals surface area contributed by atoms with Crippen LogP contribution in [0.25, 0.3) is 0 Å². The number of aliphatic carboxylic acids is 1. The zero-order chi connectivity index (χ0) is 10.7. The van der Waals surface area contributed by atoms with Crippen molar-refractivity contribution < 1.29 is 14.3 Å². The number of benzene rings is 1. The van der Waals surface area contributed by atoms with Crippen molar-refractivity contribution in [2.45, 2.75) is 26.2 Å². The van der Waals surface area contributed by atoms with Gasteiger partial charge < -0.3 is 5.11 Å². The molecule has 1 aromatic rings. The van der Waals surface area contributed by atoms with Gasteiger partial charge in [-0.25, -0.2) is 4.39 Å². The van der Waals surface area contributed by atoms with Crippen molar-refractivity contribution in [1.29, 1.82) is 0 Å². The molecule has 0 radical (unpaired) electrons. The first-order valence-corrected chi connectivity index (χ1v) is 4.48. The van der Waals surface area contributed by atoms with E-state index in [1.807, 2.05) is 0 Å². The molecule has 0 amide bonds. The summed E-state index contributed by atoms with van der Waals surface area (Å²) in [5, 5.41) is 8.57. The molecule has 0 aliphatic carbocycles. The summed E-state index contributed by atoms with van der Waals surface area (Å²) >= 11 is 0. The molecule has 0 aliphatic heterocycles. The summed E-state index contributed by atoms with van der Waals surface area (Å²) in [7, 11) is 0. The standard InChI is InChI=1S/C11H13FO2/c1-7-3-4-9(10(12)5-7)8(2)6-11(13)14/h3-5,8H,6H2,1-2H3,(H,13,14)/t8-/m0/s1. The molecule has 0 heterocycles. The van der Waals surface area contributed by atoms with E-state index in [0.29, 0.717) is 5.56 Å². The second-order valence-electron chi connectivity index (χ2n) is 3.52. The summed E-state index contributed by atoms with van der Waals surface area (Å²) in [6.07, 6.45) is -0.0417. The van der Waals surface area contributed by atoms with Gasteiger partial charge in [-0.3, -0.25) is 4.79 Å². The van der Waals surface area contributed by atoms with Gasteiger partial charge in [-0.1, -0.05) is 19.1 Å². The first-order chi connectivity index (χ1) is 6.50. The largest absolute Gasteiger partial charge is 0.481 e. The van der Waals surface area contributed by atoms with Gasteiger partial charge in [-0.15, -0.1) is 0 Å². The summed E-state index contributed by atoms with van der Waals surface area (Å²) in [6.45, 7) is 3.51. The molecule has 0 bridgehead atoms. The monoisotopic (exact) mass is 196 g/mol. The third-order valence-corrected chi connectivity index (χ3v) is 2.17. The minimum atomic E-state index is -0.905. The van der Waals surface area contributed by atoms with Gasteiger partial charge >= 0.3 is 5.97 Å². The van der Waals surface area contributed by atoms with Crippen LogP contribution >= 0.6 is 0 Å². The molecule has 0 saturated heterocycles. The van der Waals surface area contributed by atoms with E-state index in [1.54, 1.807) is 26.0 Å². The average Bonchev–Trinajstić information content (AvgIpc) is 2.01. The van der Waals surface area contributed by atoms with Crippen molar-refractivity contribution in [3.63, 3.8) is 0 Å². The lowest BCUT2D eigenvalue weighted by molar-refractivity contribution is -0.137. The number of rotatable bonds is 3. The SMILES string of the molecule is Cc1ccc([C@@H](C)CC(=O)O)c(F)c1. The van der Waals surface area contributed by atoms with E-state index in [2.05, 4.69) is 0 Å². The Balaban J connectivity index is 2.90. The van der Waals surface area contributed by atoms with Crippen molar-refractivity contribution in [3.05, 3.63) is 35.1 Å². The minimum Gasteiger partial charge on any atom is -0.481 e. The molecule has 1 aromatic carbocycles. The molecule has 1 N–H and O–H groups in total. The minimum absolute atomic E-state index is 0.0417. The number of carbonyl (C=O) groups is 1. The van der Waals surface area contributed by atoms with E-state index in [-0.39, 0.29) is 18.2 Å². The van der Waals surface area contributed by atoms with Crippen molar-refractivity contribution in [2.75, 3.05) is 0 Å². The van der Waals surface area contributed by atoms with Gasteiger partial charge in [0.1, 0.15) is 5.82 Å². The Morgan fingerprint density at radius 3 is 2.71 bits per heavy atom. The highest BCUT2D eigenvalue weighted by Crippen LogP contribution is 2.22. The molecule has 0 saturated carbocycles. The fraction of sp³-hybridized carbons (Fsp3) is 0.364. The molecule has 0 spiro atoms. The molecule has 3 heteroatoms. The van der Waals surface area contributed by atoms with E-state index >= 15 is 0 Å². The smallest absolute Gasteiger partial charge is 0.303 e. The number of hydrogen-bond acceptors (Lipinski definition) is 1. The number of halogens is 1. The van der Waals surface area contributed by atoms with Crippen LogP contribution in [0.15, 0.2) is 18.2 Å². The Labute approximate surface area is 82.4 Å². The molecule has 0 aliphatic rings. The van der Waals surface area contributed by atoms with E-state index < -0.39 is 5.97 Å². The topological polar surface area (TPSA) is 37.3 Å². The molecule has 1 atom stereocenters. The van der Waals surface area contributed by atoms with Crippen LogP contribution < -0.4 is 0 Å². The lowest BCUT2D eigenvalue weighted by Gasteiger charge is -2.10. The second kappa shape index (κ2) is 4.22. The Morgan fingerprint density at radius 2 is 2.21 bits per heavy atom. The summed E-state index contributed by atoms with van der Waals surface area (Å²) in [6, 6.07) is 4.86. The molecule has 0 fully saturated rings. The third-order valence-electron chi connectivity index (χ3n) is 2.17. The predicted octanol–water partition coefficient (Wildman–Crippen LogP) is 2.71. The maximum atomic E-state index is 13.4. The third kappa shape index (κ3) is 2.55. The van der Waals surface area contributed by atoms with E-state index in [1.165, 1.54) is 6.07 Å². The van der Waals surface area contributed by atoms with E-state index in [4.69, 9.17) is 5.11 Å². The average molecular weight is 196 g/mol. The van der Waals surface area contributed by atoms with Crippen LogP contribution in [0.2, 0.25) is 0 Å². The Morgan fingerprint density at radius 1 is 1.57 bits per heavy atom. The number of aryl methyl sites for hydroxylation is 1. The van der Waals surface area contributed by atoms with Crippen LogP contribution in [0.4, 0.5) is 4.39 Å². The van der Waals surface area contributed by atoms with Gasteiger partial charge in [0.25, 0.3) is 0 Å². The Kier molecular flexibility index (Phi) is 3.23. The quantitative estimate of drug-likeness (QED) is 0.807. The molecule has 1 rings (SSSR count). The Hall–Kier alpha value is -1.38. The lowest BCUT2D eigenvalue weighted by Crippen LogP contribution is -2.04. The van der Waals surface area contributed by atoms with Crippen molar-refractivity contribution in [2.24, 2.45) is 0 Å². The van der Waals surface area contributed by atoms with Gasteiger partial charge in [-0.2, -0.15) is 0 Å². The van der Waals surface area contributed by atoms with E-state index in [9.17, 15) is 9.18 Å². The van der Waals surface area contributed by atoms with Crippen LogP contribution in [0.1, 0.15) is 30.4 Å². The number of hydrogen-bond donors (Lipinski definition) is 1. The fourth-order valence-electron chi connectivity index (χ4n) is 1.40. The van der Waals surface area contributed by atoms with Crippen LogP contribution in [-0.4, -0.2) is 11.1 Å². The van der Waals surface area contributed by atoms with Crippen LogP contribution in [0, 0.1) is 12.7 Å². The predicted molar refractivity (Wildman–Crippen MR) is 51.8 cm³/mol. The highest BCUT2D eigenvalue weighted by atomic mass is 19.1. The number of carboxylic acids is 1. The zero-order valence-electron chi connectivity index (χ0n) is 8.25. The first-order valence-electron chi connectivity index (χ1n) is 4.48. The van der Waals surface area contributed by atoms with Gasteiger partial charge in [0.05, 0.1) is 6.42 Å². The fourth-order valence-corrected chi connectivity index (χ4v) is 1.40. The molecule has 14 heavy (non-hydrogen) atoms. The molecular weight excluding hydrogens is 183 g/mol. The van der Waals surface area contributed by atoms with Crippen LogP contribution in [0.5, 0.6) is 0 Å². The summed E-state index contributed by atoms with van der Waals surface area (Å²) in [5.41, 5.74) is 1.31. The molecule has 2 nitrogen and oxygen atoms in total. The van der Waals surface area contributed by atoms with Crippen molar-refractivity contribution >= 4 is 5.97 Å². The highest BCUT2D eigenvalue weighted by molar-refractivity contribution is 5.68. The van der Waals surface area contributed by atoms with Gasteiger partial charge in [0.2, 0.25) is 0 Å².